The predicted molar refractivity (Wildman–Crippen MR) is 89.9 cm³/mol. The normalized spacial score (nSPS) is 33.8. The lowest BCUT2D eigenvalue weighted by Gasteiger charge is -2.39. The molecule has 0 radical (unpaired) electrons. The molecule has 2 bridgehead atoms. The minimum Gasteiger partial charge on any atom is -0.332 e. The summed E-state index contributed by atoms with van der Waals surface area (Å²) < 4.78 is 0. The molecular formula is C18H31N3O2. The number of likely N-dealkylation sites (N-methyl/N-ethyl adjacent to an activating group) is 1. The number of carbonyl (C=O) groups excluding carboxylic acids is 2. The van der Waals surface area contributed by atoms with Crippen LogP contribution in [-0.4, -0.2) is 71.8 Å². The van der Waals surface area contributed by atoms with Gasteiger partial charge in [0.05, 0.1) is 0 Å². The van der Waals surface area contributed by atoms with E-state index in [0.29, 0.717) is 13.1 Å². The summed E-state index contributed by atoms with van der Waals surface area (Å²) in [5.74, 6) is -0.545. The summed E-state index contributed by atoms with van der Waals surface area (Å²) in [6.07, 6.45) is 3.22. The first kappa shape index (κ1) is 16.7. The van der Waals surface area contributed by atoms with Crippen LogP contribution in [0.5, 0.6) is 0 Å². The maximum Gasteiger partial charge on any atom is 0.312 e. The van der Waals surface area contributed by atoms with Crippen molar-refractivity contribution < 1.29 is 9.59 Å². The number of amides is 2. The number of likely N-dealkylation sites (tertiary alicyclic amines) is 1. The molecular weight excluding hydrogens is 290 g/mol. The molecule has 0 N–H and O–H groups in total. The van der Waals surface area contributed by atoms with Gasteiger partial charge in [-0.05, 0) is 36.6 Å². The van der Waals surface area contributed by atoms with E-state index in [1.54, 1.807) is 4.90 Å². The quantitative estimate of drug-likeness (QED) is 0.689. The molecule has 2 saturated heterocycles. The van der Waals surface area contributed by atoms with Gasteiger partial charge in [-0.15, -0.1) is 0 Å². The van der Waals surface area contributed by atoms with E-state index in [0.717, 1.165) is 45.4 Å². The minimum absolute atomic E-state index is 0.184. The van der Waals surface area contributed by atoms with Crippen LogP contribution in [0.4, 0.5) is 0 Å². The Kier molecular flexibility index (Phi) is 4.20. The Labute approximate surface area is 140 Å². The van der Waals surface area contributed by atoms with Gasteiger partial charge >= 0.3 is 11.8 Å². The SMILES string of the molecule is CCN1CCN(C(=O)C(=O)N2CC3(C)CC2CC(C)(C)C3)CC1. The molecule has 2 amide bonds. The predicted octanol–water partition coefficient (Wildman–Crippen LogP) is 1.58. The lowest BCUT2D eigenvalue weighted by atomic mass is 9.65. The first-order valence-electron chi connectivity index (χ1n) is 9.05. The Balaban J connectivity index is 1.66. The molecule has 0 aromatic carbocycles. The average Bonchev–Trinajstić information content (AvgIpc) is 2.75. The molecule has 5 nitrogen and oxygen atoms in total. The fourth-order valence-corrected chi connectivity index (χ4v) is 5.22. The van der Waals surface area contributed by atoms with Crippen LogP contribution < -0.4 is 0 Å². The van der Waals surface area contributed by atoms with Gasteiger partial charge in [-0.2, -0.15) is 0 Å². The molecule has 3 aliphatic rings. The van der Waals surface area contributed by atoms with Gasteiger partial charge in [0, 0.05) is 38.8 Å². The number of hydrogen-bond acceptors (Lipinski definition) is 3. The van der Waals surface area contributed by atoms with Crippen LogP contribution in [0.2, 0.25) is 0 Å². The van der Waals surface area contributed by atoms with Crippen molar-refractivity contribution in [1.82, 2.24) is 14.7 Å². The summed E-state index contributed by atoms with van der Waals surface area (Å²) in [5.41, 5.74) is 0.450. The smallest absolute Gasteiger partial charge is 0.312 e. The van der Waals surface area contributed by atoms with Crippen molar-refractivity contribution in [3.63, 3.8) is 0 Å². The zero-order chi connectivity index (χ0) is 16.8. The summed E-state index contributed by atoms with van der Waals surface area (Å²) in [4.78, 5) is 31.4. The monoisotopic (exact) mass is 321 g/mol. The largest absolute Gasteiger partial charge is 0.332 e. The topological polar surface area (TPSA) is 43.9 Å². The van der Waals surface area contributed by atoms with Crippen LogP contribution in [0.1, 0.15) is 47.0 Å². The average molecular weight is 321 g/mol. The van der Waals surface area contributed by atoms with E-state index in [2.05, 4.69) is 32.6 Å². The van der Waals surface area contributed by atoms with Gasteiger partial charge in [-0.1, -0.05) is 27.7 Å². The fourth-order valence-electron chi connectivity index (χ4n) is 5.22. The molecule has 2 aliphatic heterocycles. The number of hydrogen-bond donors (Lipinski definition) is 0. The van der Waals surface area contributed by atoms with Crippen LogP contribution in [0.15, 0.2) is 0 Å². The van der Waals surface area contributed by atoms with Crippen molar-refractivity contribution in [3.8, 4) is 0 Å². The molecule has 130 valence electrons. The number of rotatable bonds is 1. The molecule has 5 heteroatoms. The van der Waals surface area contributed by atoms with E-state index in [1.807, 2.05) is 4.90 Å². The van der Waals surface area contributed by atoms with Crippen molar-refractivity contribution in [2.75, 3.05) is 39.3 Å². The Morgan fingerprint density at radius 2 is 1.65 bits per heavy atom. The maximum atomic E-state index is 12.8. The first-order valence-corrected chi connectivity index (χ1v) is 9.05. The lowest BCUT2D eigenvalue weighted by Crippen LogP contribution is -2.54. The maximum absolute atomic E-state index is 12.8. The Bertz CT molecular complexity index is 496. The number of piperazine rings is 1. The molecule has 2 heterocycles. The first-order chi connectivity index (χ1) is 10.7. The summed E-state index contributed by atoms with van der Waals surface area (Å²) in [6, 6.07) is 0.247. The van der Waals surface area contributed by atoms with E-state index in [4.69, 9.17) is 0 Å². The highest BCUT2D eigenvalue weighted by Crippen LogP contribution is 2.52. The third-order valence-electron chi connectivity index (χ3n) is 5.97. The van der Waals surface area contributed by atoms with Gasteiger partial charge in [0.25, 0.3) is 0 Å². The van der Waals surface area contributed by atoms with Crippen molar-refractivity contribution in [2.24, 2.45) is 10.8 Å². The molecule has 0 aromatic rings. The van der Waals surface area contributed by atoms with E-state index < -0.39 is 0 Å². The third kappa shape index (κ3) is 3.25. The third-order valence-corrected chi connectivity index (χ3v) is 5.97. The Morgan fingerprint density at radius 1 is 1.00 bits per heavy atom. The standard InChI is InChI=1S/C18H31N3O2/c1-5-19-6-8-20(9-7-19)15(22)16(23)21-13-18(4)11-14(21)10-17(2,3)12-18/h14H,5-13H2,1-4H3. The van der Waals surface area contributed by atoms with Crippen LogP contribution in [0.25, 0.3) is 0 Å². The second-order valence-electron chi connectivity index (χ2n) is 8.87. The molecule has 2 unspecified atom stereocenters. The molecule has 1 saturated carbocycles. The Hall–Kier alpha value is -1.10. The summed E-state index contributed by atoms with van der Waals surface area (Å²) in [7, 11) is 0. The van der Waals surface area contributed by atoms with E-state index in [-0.39, 0.29) is 28.7 Å². The van der Waals surface area contributed by atoms with Gasteiger partial charge in [-0.3, -0.25) is 9.59 Å². The highest BCUT2D eigenvalue weighted by molar-refractivity contribution is 6.35. The van der Waals surface area contributed by atoms with Gasteiger partial charge in [-0.25, -0.2) is 0 Å². The van der Waals surface area contributed by atoms with Crippen molar-refractivity contribution >= 4 is 11.8 Å². The highest BCUT2D eigenvalue weighted by Gasteiger charge is 2.52. The molecule has 3 rings (SSSR count). The molecule has 1 aliphatic carbocycles. The van der Waals surface area contributed by atoms with Crippen LogP contribution in [0, 0.1) is 10.8 Å². The van der Waals surface area contributed by atoms with Crippen molar-refractivity contribution in [2.45, 2.75) is 53.0 Å². The molecule has 2 atom stereocenters. The summed E-state index contributed by atoms with van der Waals surface area (Å²) >= 11 is 0. The van der Waals surface area contributed by atoms with Gasteiger partial charge in [0.15, 0.2) is 0 Å². The van der Waals surface area contributed by atoms with E-state index in [9.17, 15) is 9.59 Å². The summed E-state index contributed by atoms with van der Waals surface area (Å²) in [5, 5.41) is 0. The second kappa shape index (κ2) is 5.76. The van der Waals surface area contributed by atoms with Crippen LogP contribution in [0.3, 0.4) is 0 Å². The molecule has 23 heavy (non-hydrogen) atoms. The number of fused-ring (bicyclic) bond motifs is 2. The molecule has 3 fully saturated rings. The second-order valence-corrected chi connectivity index (χ2v) is 8.87. The van der Waals surface area contributed by atoms with Gasteiger partial charge < -0.3 is 14.7 Å². The molecule has 0 spiro atoms. The summed E-state index contributed by atoms with van der Waals surface area (Å²) in [6.45, 7) is 13.9. The van der Waals surface area contributed by atoms with Crippen LogP contribution >= 0.6 is 0 Å². The van der Waals surface area contributed by atoms with E-state index in [1.165, 1.54) is 0 Å². The molecule has 0 aromatic heterocycles. The lowest BCUT2D eigenvalue weighted by molar-refractivity contribution is -0.153. The van der Waals surface area contributed by atoms with Crippen LogP contribution in [-0.2, 0) is 9.59 Å². The van der Waals surface area contributed by atoms with Crippen molar-refractivity contribution in [1.29, 1.82) is 0 Å². The van der Waals surface area contributed by atoms with Gasteiger partial charge in [0.1, 0.15) is 0 Å². The van der Waals surface area contributed by atoms with E-state index >= 15 is 0 Å². The number of nitrogens with zero attached hydrogens (tertiary/aromatic N) is 3. The van der Waals surface area contributed by atoms with Gasteiger partial charge in [0.2, 0.25) is 0 Å². The minimum atomic E-state index is -0.283. The zero-order valence-corrected chi connectivity index (χ0v) is 15.1. The number of carbonyl (C=O) groups is 2. The van der Waals surface area contributed by atoms with Crippen molar-refractivity contribution in [3.05, 3.63) is 0 Å². The Morgan fingerprint density at radius 3 is 2.26 bits per heavy atom. The highest BCUT2D eigenvalue weighted by atomic mass is 16.2. The fraction of sp³-hybridized carbons (Fsp3) is 0.889. The zero-order valence-electron chi connectivity index (χ0n) is 15.1.